The summed E-state index contributed by atoms with van der Waals surface area (Å²) in [6, 6.07) is 3.79. The van der Waals surface area contributed by atoms with Crippen LogP contribution in [0.3, 0.4) is 0 Å². The zero-order valence-corrected chi connectivity index (χ0v) is 10.2. The highest BCUT2D eigenvalue weighted by molar-refractivity contribution is 5.93. The van der Waals surface area contributed by atoms with Gasteiger partial charge in [0.25, 0.3) is 5.69 Å². The van der Waals surface area contributed by atoms with Crippen LogP contribution in [0.5, 0.6) is 0 Å². The average Bonchev–Trinajstić information content (AvgIpc) is 2.67. The topological polar surface area (TPSA) is 111 Å². The van der Waals surface area contributed by atoms with Gasteiger partial charge >= 0.3 is 5.97 Å². The number of carboxylic acids is 1. The molecule has 1 heterocycles. The van der Waals surface area contributed by atoms with Gasteiger partial charge in [0.15, 0.2) is 0 Å². The number of rotatable bonds is 3. The molecular formula is C11H10N4O4. The molecule has 0 aliphatic rings. The van der Waals surface area contributed by atoms with Gasteiger partial charge in [0, 0.05) is 6.07 Å². The standard InChI is InChI=1S/C11H10N4O4/c1-6-12-7(2)14(13-6)8-3-4-10(15(18)19)9(5-8)11(16)17/h3-5H,1-2H3,(H,16,17). The molecule has 0 saturated heterocycles. The van der Waals surface area contributed by atoms with Crippen LogP contribution in [-0.2, 0) is 0 Å². The predicted octanol–water partition coefficient (Wildman–Crippen LogP) is 1.49. The molecule has 1 aromatic heterocycles. The van der Waals surface area contributed by atoms with Gasteiger partial charge in [-0.2, -0.15) is 5.10 Å². The molecule has 0 atom stereocenters. The number of aromatic nitrogens is 3. The fourth-order valence-corrected chi connectivity index (χ4v) is 1.75. The summed E-state index contributed by atoms with van der Waals surface area (Å²) in [4.78, 5) is 25.2. The lowest BCUT2D eigenvalue weighted by Crippen LogP contribution is -2.06. The smallest absolute Gasteiger partial charge is 0.342 e. The summed E-state index contributed by atoms with van der Waals surface area (Å²) in [5.74, 6) is -0.251. The third kappa shape index (κ3) is 2.28. The molecule has 2 rings (SSSR count). The number of aromatic carboxylic acids is 1. The van der Waals surface area contributed by atoms with Crippen LogP contribution < -0.4 is 0 Å². The maximum absolute atomic E-state index is 11.1. The van der Waals surface area contributed by atoms with Crippen molar-refractivity contribution in [2.75, 3.05) is 0 Å². The lowest BCUT2D eigenvalue weighted by Gasteiger charge is -2.04. The van der Waals surface area contributed by atoms with Crippen LogP contribution in [0.15, 0.2) is 18.2 Å². The first-order valence-electron chi connectivity index (χ1n) is 5.32. The number of benzene rings is 1. The Hall–Kier alpha value is -2.77. The van der Waals surface area contributed by atoms with Crippen LogP contribution in [0.1, 0.15) is 22.0 Å². The molecule has 8 nitrogen and oxygen atoms in total. The minimum Gasteiger partial charge on any atom is -0.477 e. The molecule has 0 saturated carbocycles. The molecule has 0 radical (unpaired) electrons. The lowest BCUT2D eigenvalue weighted by molar-refractivity contribution is -0.385. The molecule has 1 aromatic carbocycles. The zero-order valence-electron chi connectivity index (χ0n) is 10.2. The Morgan fingerprint density at radius 3 is 2.58 bits per heavy atom. The zero-order chi connectivity index (χ0) is 14.2. The van der Waals surface area contributed by atoms with E-state index in [-0.39, 0.29) is 5.56 Å². The van der Waals surface area contributed by atoms with E-state index in [1.165, 1.54) is 16.8 Å². The molecule has 0 unspecified atom stereocenters. The van der Waals surface area contributed by atoms with Crippen molar-refractivity contribution in [3.63, 3.8) is 0 Å². The number of nitro benzene ring substituents is 1. The number of carbonyl (C=O) groups is 1. The van der Waals surface area contributed by atoms with E-state index in [2.05, 4.69) is 10.1 Å². The molecule has 19 heavy (non-hydrogen) atoms. The van der Waals surface area contributed by atoms with Gasteiger partial charge in [-0.1, -0.05) is 0 Å². The van der Waals surface area contributed by atoms with Crippen LogP contribution in [0.4, 0.5) is 5.69 Å². The van der Waals surface area contributed by atoms with Gasteiger partial charge < -0.3 is 5.11 Å². The van der Waals surface area contributed by atoms with Crippen LogP contribution >= 0.6 is 0 Å². The summed E-state index contributed by atoms with van der Waals surface area (Å²) in [5, 5.41) is 23.9. The second-order valence-electron chi connectivity index (χ2n) is 3.88. The molecule has 0 bridgehead atoms. The highest BCUT2D eigenvalue weighted by Gasteiger charge is 2.21. The van der Waals surface area contributed by atoms with Crippen molar-refractivity contribution in [1.29, 1.82) is 0 Å². The van der Waals surface area contributed by atoms with E-state index in [4.69, 9.17) is 5.11 Å². The lowest BCUT2D eigenvalue weighted by atomic mass is 10.1. The van der Waals surface area contributed by atoms with Crippen molar-refractivity contribution in [2.24, 2.45) is 0 Å². The summed E-state index contributed by atoms with van der Waals surface area (Å²) in [7, 11) is 0. The van der Waals surface area contributed by atoms with E-state index in [0.29, 0.717) is 17.3 Å². The quantitative estimate of drug-likeness (QED) is 0.662. The predicted molar refractivity (Wildman–Crippen MR) is 64.4 cm³/mol. The highest BCUT2D eigenvalue weighted by Crippen LogP contribution is 2.22. The minimum atomic E-state index is -1.36. The maximum atomic E-state index is 11.1. The van der Waals surface area contributed by atoms with Crippen LogP contribution in [0.2, 0.25) is 0 Å². The van der Waals surface area contributed by atoms with Crippen molar-refractivity contribution < 1.29 is 14.8 Å². The Kier molecular flexibility index (Phi) is 2.99. The number of hydrogen-bond acceptors (Lipinski definition) is 5. The van der Waals surface area contributed by atoms with Gasteiger partial charge in [-0.05, 0) is 26.0 Å². The van der Waals surface area contributed by atoms with E-state index >= 15 is 0 Å². The molecule has 1 N–H and O–H groups in total. The van der Waals surface area contributed by atoms with Gasteiger partial charge in [-0.3, -0.25) is 10.1 Å². The molecule has 0 spiro atoms. The molecule has 0 aliphatic carbocycles. The maximum Gasteiger partial charge on any atom is 0.342 e. The first-order chi connectivity index (χ1) is 8.90. The van der Waals surface area contributed by atoms with Crippen LogP contribution in [0, 0.1) is 24.0 Å². The first-order valence-corrected chi connectivity index (χ1v) is 5.32. The Labute approximate surface area is 107 Å². The fraction of sp³-hybridized carbons (Fsp3) is 0.182. The SMILES string of the molecule is Cc1nc(C)n(-c2ccc([N+](=O)[O-])c(C(=O)O)c2)n1. The Morgan fingerprint density at radius 2 is 2.11 bits per heavy atom. The van der Waals surface area contributed by atoms with E-state index in [1.54, 1.807) is 13.8 Å². The second kappa shape index (κ2) is 4.48. The third-order valence-electron chi connectivity index (χ3n) is 2.53. The summed E-state index contributed by atoms with van der Waals surface area (Å²) >= 11 is 0. The molecular weight excluding hydrogens is 252 g/mol. The summed E-state index contributed by atoms with van der Waals surface area (Å²) in [5.41, 5.74) is -0.415. The molecule has 0 fully saturated rings. The van der Waals surface area contributed by atoms with Gasteiger partial charge in [0.05, 0.1) is 10.6 Å². The van der Waals surface area contributed by atoms with Gasteiger partial charge in [0.2, 0.25) is 0 Å². The van der Waals surface area contributed by atoms with Gasteiger partial charge in [-0.25, -0.2) is 14.5 Å². The minimum absolute atomic E-state index is 0.380. The molecule has 0 aliphatic heterocycles. The first kappa shape index (κ1) is 12.7. The Bertz CT molecular complexity index is 677. The van der Waals surface area contributed by atoms with Crippen LogP contribution in [0.25, 0.3) is 5.69 Å². The molecule has 98 valence electrons. The van der Waals surface area contributed by atoms with Crippen molar-refractivity contribution in [2.45, 2.75) is 13.8 Å². The number of nitro groups is 1. The molecule has 0 amide bonds. The molecule has 2 aromatic rings. The number of aryl methyl sites for hydroxylation is 2. The van der Waals surface area contributed by atoms with E-state index in [1.807, 2.05) is 0 Å². The summed E-state index contributed by atoms with van der Waals surface area (Å²) in [6.07, 6.45) is 0. The summed E-state index contributed by atoms with van der Waals surface area (Å²) in [6.45, 7) is 3.41. The normalized spacial score (nSPS) is 10.4. The van der Waals surface area contributed by atoms with E-state index < -0.39 is 16.6 Å². The third-order valence-corrected chi connectivity index (χ3v) is 2.53. The largest absolute Gasteiger partial charge is 0.477 e. The Balaban J connectivity index is 2.61. The van der Waals surface area contributed by atoms with Gasteiger partial charge in [0.1, 0.15) is 17.2 Å². The number of hydrogen-bond donors (Lipinski definition) is 1. The van der Waals surface area contributed by atoms with Crippen molar-refractivity contribution in [3.05, 3.63) is 45.5 Å². The fourth-order valence-electron chi connectivity index (χ4n) is 1.75. The van der Waals surface area contributed by atoms with Crippen molar-refractivity contribution in [3.8, 4) is 5.69 Å². The van der Waals surface area contributed by atoms with Gasteiger partial charge in [-0.15, -0.1) is 0 Å². The second-order valence-corrected chi connectivity index (χ2v) is 3.88. The van der Waals surface area contributed by atoms with E-state index in [9.17, 15) is 14.9 Å². The average molecular weight is 262 g/mol. The van der Waals surface area contributed by atoms with Crippen LogP contribution in [-0.4, -0.2) is 30.8 Å². The van der Waals surface area contributed by atoms with Crippen molar-refractivity contribution in [1.82, 2.24) is 14.8 Å². The summed E-state index contributed by atoms with van der Waals surface area (Å²) < 4.78 is 1.44. The molecule has 8 heteroatoms. The Morgan fingerprint density at radius 1 is 1.42 bits per heavy atom. The van der Waals surface area contributed by atoms with E-state index in [0.717, 1.165) is 6.07 Å². The number of nitrogens with zero attached hydrogens (tertiary/aromatic N) is 4. The number of carboxylic acid groups (broad SMARTS) is 1. The van der Waals surface area contributed by atoms with Crippen molar-refractivity contribution >= 4 is 11.7 Å². The highest BCUT2D eigenvalue weighted by atomic mass is 16.6. The monoisotopic (exact) mass is 262 g/mol.